The molecule has 0 radical (unpaired) electrons. The summed E-state index contributed by atoms with van der Waals surface area (Å²) >= 11 is 0. The number of amides is 2. The minimum absolute atomic E-state index is 0.0816. The quantitative estimate of drug-likeness (QED) is 0.721. The molecule has 0 aliphatic carbocycles. The first-order valence-corrected chi connectivity index (χ1v) is 11.2. The standard InChI is InChI=1S/C25H31N3O4/c1-18-16-27(12-13-31-18)17-21-7-5-6-20(14-21)15-26-24(29)10-11-28-22-8-3-4-9-23(22)32-19(2)25(28)30/h3-9,14,18-19H,10-13,15-17H2,1-2H3,(H,26,29). The minimum Gasteiger partial charge on any atom is -0.479 e. The molecule has 4 rings (SSSR count). The molecule has 2 atom stereocenters. The molecule has 32 heavy (non-hydrogen) atoms. The van der Waals surface area contributed by atoms with E-state index in [4.69, 9.17) is 9.47 Å². The van der Waals surface area contributed by atoms with Crippen LogP contribution in [0, 0.1) is 0 Å². The number of hydrogen-bond acceptors (Lipinski definition) is 5. The lowest BCUT2D eigenvalue weighted by atomic mass is 10.1. The van der Waals surface area contributed by atoms with Gasteiger partial charge in [0.2, 0.25) is 5.91 Å². The first kappa shape index (κ1) is 22.3. The number of ether oxygens (including phenoxy) is 2. The molecule has 1 saturated heterocycles. The van der Waals surface area contributed by atoms with Gasteiger partial charge in [-0.2, -0.15) is 0 Å². The number of carbonyl (C=O) groups is 2. The monoisotopic (exact) mass is 437 g/mol. The Labute approximate surface area is 189 Å². The second kappa shape index (κ2) is 10.1. The van der Waals surface area contributed by atoms with Crippen molar-refractivity contribution >= 4 is 17.5 Å². The maximum Gasteiger partial charge on any atom is 0.267 e. The summed E-state index contributed by atoms with van der Waals surface area (Å²) in [4.78, 5) is 29.1. The van der Waals surface area contributed by atoms with Crippen molar-refractivity contribution in [2.24, 2.45) is 0 Å². The van der Waals surface area contributed by atoms with Crippen LogP contribution in [0.2, 0.25) is 0 Å². The Hall–Kier alpha value is -2.90. The summed E-state index contributed by atoms with van der Waals surface area (Å²) in [6.07, 6.45) is -0.0531. The molecule has 0 aromatic heterocycles. The molecule has 1 N–H and O–H groups in total. The number of morpholine rings is 1. The van der Waals surface area contributed by atoms with Gasteiger partial charge in [0.25, 0.3) is 5.91 Å². The number of nitrogens with zero attached hydrogens (tertiary/aromatic N) is 2. The first-order chi connectivity index (χ1) is 15.5. The van der Waals surface area contributed by atoms with Crippen molar-refractivity contribution in [3.8, 4) is 5.75 Å². The average Bonchev–Trinajstić information content (AvgIpc) is 2.78. The molecule has 2 heterocycles. The molecule has 2 aliphatic rings. The molecular formula is C25H31N3O4. The van der Waals surface area contributed by atoms with Crippen molar-refractivity contribution in [3.05, 3.63) is 59.7 Å². The predicted octanol–water partition coefficient (Wildman–Crippen LogP) is 2.73. The van der Waals surface area contributed by atoms with Gasteiger partial charge >= 0.3 is 0 Å². The summed E-state index contributed by atoms with van der Waals surface area (Å²) in [5.74, 6) is 0.468. The van der Waals surface area contributed by atoms with Crippen molar-refractivity contribution in [2.75, 3.05) is 31.1 Å². The summed E-state index contributed by atoms with van der Waals surface area (Å²) in [6.45, 7) is 8.15. The zero-order chi connectivity index (χ0) is 22.5. The summed E-state index contributed by atoms with van der Waals surface area (Å²) in [7, 11) is 0. The molecule has 7 nitrogen and oxygen atoms in total. The van der Waals surface area contributed by atoms with Crippen molar-refractivity contribution in [2.45, 2.75) is 45.6 Å². The van der Waals surface area contributed by atoms with Crippen LogP contribution in [0.3, 0.4) is 0 Å². The SMILES string of the molecule is CC1CN(Cc2cccc(CNC(=O)CCN3C(=O)C(C)Oc4ccccc43)c2)CCO1. The molecule has 2 aliphatic heterocycles. The number of para-hydroxylation sites is 2. The van der Waals surface area contributed by atoms with Crippen LogP contribution in [0.25, 0.3) is 0 Å². The number of nitrogens with one attached hydrogen (secondary N) is 1. The van der Waals surface area contributed by atoms with Crippen LogP contribution in [0.5, 0.6) is 5.75 Å². The average molecular weight is 438 g/mol. The van der Waals surface area contributed by atoms with Gasteiger partial charge in [-0.15, -0.1) is 0 Å². The van der Waals surface area contributed by atoms with E-state index in [-0.39, 0.29) is 24.3 Å². The molecule has 2 amide bonds. The fourth-order valence-electron chi connectivity index (χ4n) is 4.22. The number of benzene rings is 2. The lowest BCUT2D eigenvalue weighted by Gasteiger charge is -2.32. The lowest BCUT2D eigenvalue weighted by molar-refractivity contribution is -0.125. The van der Waals surface area contributed by atoms with Crippen molar-refractivity contribution < 1.29 is 19.1 Å². The first-order valence-electron chi connectivity index (χ1n) is 11.2. The van der Waals surface area contributed by atoms with E-state index in [0.29, 0.717) is 24.5 Å². The summed E-state index contributed by atoms with van der Waals surface area (Å²) in [5.41, 5.74) is 3.02. The zero-order valence-electron chi connectivity index (χ0n) is 18.8. The number of carbonyl (C=O) groups excluding carboxylic acids is 2. The van der Waals surface area contributed by atoms with Gasteiger partial charge in [-0.1, -0.05) is 36.4 Å². The maximum atomic E-state index is 12.6. The molecule has 0 saturated carbocycles. The Balaban J connectivity index is 1.29. The van der Waals surface area contributed by atoms with E-state index >= 15 is 0 Å². The van der Waals surface area contributed by atoms with Crippen molar-refractivity contribution in [1.82, 2.24) is 10.2 Å². The summed E-state index contributed by atoms with van der Waals surface area (Å²) < 4.78 is 11.3. The van der Waals surface area contributed by atoms with E-state index in [1.807, 2.05) is 36.4 Å². The van der Waals surface area contributed by atoms with Gasteiger partial charge in [0.1, 0.15) is 5.75 Å². The molecule has 170 valence electrons. The fourth-order valence-corrected chi connectivity index (χ4v) is 4.22. The van der Waals surface area contributed by atoms with Gasteiger partial charge in [0.05, 0.1) is 18.4 Å². The second-order valence-corrected chi connectivity index (χ2v) is 8.48. The van der Waals surface area contributed by atoms with Gasteiger partial charge in [0, 0.05) is 39.1 Å². The van der Waals surface area contributed by atoms with E-state index < -0.39 is 6.10 Å². The Bertz CT molecular complexity index is 964. The third-order valence-electron chi connectivity index (χ3n) is 5.85. The highest BCUT2D eigenvalue weighted by Gasteiger charge is 2.31. The van der Waals surface area contributed by atoms with E-state index in [0.717, 1.165) is 31.8 Å². The zero-order valence-corrected chi connectivity index (χ0v) is 18.8. The highest BCUT2D eigenvalue weighted by atomic mass is 16.5. The Morgan fingerprint density at radius 1 is 1.12 bits per heavy atom. The highest BCUT2D eigenvalue weighted by Crippen LogP contribution is 2.33. The van der Waals surface area contributed by atoms with Crippen LogP contribution >= 0.6 is 0 Å². The highest BCUT2D eigenvalue weighted by molar-refractivity contribution is 6.00. The molecule has 7 heteroatoms. The van der Waals surface area contributed by atoms with Gasteiger partial charge in [0.15, 0.2) is 6.10 Å². The van der Waals surface area contributed by atoms with Crippen molar-refractivity contribution in [3.63, 3.8) is 0 Å². The smallest absolute Gasteiger partial charge is 0.267 e. The van der Waals surface area contributed by atoms with Crippen LogP contribution in [0.15, 0.2) is 48.5 Å². The molecule has 1 fully saturated rings. The van der Waals surface area contributed by atoms with Gasteiger partial charge in [-0.25, -0.2) is 0 Å². The predicted molar refractivity (Wildman–Crippen MR) is 122 cm³/mol. The topological polar surface area (TPSA) is 71.1 Å². The van der Waals surface area contributed by atoms with Crippen LogP contribution in [-0.4, -0.2) is 55.2 Å². The van der Waals surface area contributed by atoms with Gasteiger partial charge in [-0.05, 0) is 37.1 Å². The summed E-state index contributed by atoms with van der Waals surface area (Å²) in [6, 6.07) is 15.7. The second-order valence-electron chi connectivity index (χ2n) is 8.48. The molecule has 2 aromatic carbocycles. The van der Waals surface area contributed by atoms with E-state index in [9.17, 15) is 9.59 Å². The van der Waals surface area contributed by atoms with E-state index in [2.05, 4.69) is 29.3 Å². The van der Waals surface area contributed by atoms with E-state index in [1.165, 1.54) is 5.56 Å². The Kier molecular flexibility index (Phi) is 7.07. The normalized spacial score (nSPS) is 21.1. The van der Waals surface area contributed by atoms with E-state index in [1.54, 1.807) is 11.8 Å². The number of fused-ring (bicyclic) bond motifs is 1. The molecule has 2 unspecified atom stereocenters. The van der Waals surface area contributed by atoms with Gasteiger partial charge < -0.3 is 19.7 Å². The third kappa shape index (κ3) is 5.47. The number of anilines is 1. The Morgan fingerprint density at radius 3 is 2.78 bits per heavy atom. The Morgan fingerprint density at radius 2 is 1.94 bits per heavy atom. The number of hydrogen-bond donors (Lipinski definition) is 1. The van der Waals surface area contributed by atoms with Crippen LogP contribution < -0.4 is 15.0 Å². The molecule has 0 bridgehead atoms. The minimum atomic E-state index is -0.551. The maximum absolute atomic E-state index is 12.6. The summed E-state index contributed by atoms with van der Waals surface area (Å²) in [5, 5.41) is 2.98. The molecular weight excluding hydrogens is 406 g/mol. The van der Waals surface area contributed by atoms with Crippen molar-refractivity contribution in [1.29, 1.82) is 0 Å². The molecule has 0 spiro atoms. The lowest BCUT2D eigenvalue weighted by Crippen LogP contribution is -2.45. The third-order valence-corrected chi connectivity index (χ3v) is 5.85. The fraction of sp³-hybridized carbons (Fsp3) is 0.440. The van der Waals surface area contributed by atoms with Gasteiger partial charge in [-0.3, -0.25) is 14.5 Å². The van der Waals surface area contributed by atoms with Crippen LogP contribution in [0.4, 0.5) is 5.69 Å². The number of rotatable bonds is 7. The largest absolute Gasteiger partial charge is 0.479 e. The van der Waals surface area contributed by atoms with Crippen LogP contribution in [0.1, 0.15) is 31.4 Å². The van der Waals surface area contributed by atoms with Crippen LogP contribution in [-0.2, 0) is 27.4 Å². The molecule has 2 aromatic rings.